The number of benzene rings is 2. The molecular weight excluding hydrogens is 552 g/mol. The first-order valence-corrected chi connectivity index (χ1v) is 14.6. The van der Waals surface area contributed by atoms with E-state index in [0.29, 0.717) is 34.8 Å². The van der Waals surface area contributed by atoms with E-state index in [1.165, 1.54) is 34.5 Å². The number of methoxy groups -OCH3 is 4. The second kappa shape index (κ2) is 10.8. The number of nitrogens with zero attached hydrogens (tertiary/aromatic N) is 1. The lowest BCUT2D eigenvalue weighted by Crippen LogP contribution is -2.64. The zero-order valence-corrected chi connectivity index (χ0v) is 25.2. The van der Waals surface area contributed by atoms with Gasteiger partial charge in [-0.3, -0.25) is 4.90 Å². The Morgan fingerprint density at radius 2 is 1.79 bits per heavy atom. The van der Waals surface area contributed by atoms with Crippen LogP contribution < -0.4 is 19.5 Å². The molecule has 2 aromatic carbocycles. The van der Waals surface area contributed by atoms with Crippen LogP contribution in [0, 0.1) is 5.41 Å². The Hall–Kier alpha value is -4.18. The lowest BCUT2D eigenvalue weighted by molar-refractivity contribution is -0.158. The molecule has 0 radical (unpaired) electrons. The number of piperidine rings is 1. The van der Waals surface area contributed by atoms with Gasteiger partial charge in [-0.25, -0.2) is 9.59 Å². The maximum absolute atomic E-state index is 13.3. The summed E-state index contributed by atoms with van der Waals surface area (Å²) in [5, 5.41) is 13.8. The summed E-state index contributed by atoms with van der Waals surface area (Å²) in [6.07, 6.45) is 5.49. The molecule has 1 spiro atoms. The van der Waals surface area contributed by atoms with E-state index in [1.54, 1.807) is 30.3 Å². The summed E-state index contributed by atoms with van der Waals surface area (Å²) < 4.78 is 27.8. The first-order valence-electron chi connectivity index (χ1n) is 14.6. The van der Waals surface area contributed by atoms with Crippen molar-refractivity contribution in [3.8, 4) is 23.0 Å². The summed E-state index contributed by atoms with van der Waals surface area (Å²) in [5.74, 6) is 0.719. The molecule has 3 heterocycles. The lowest BCUT2D eigenvalue weighted by atomic mass is 9.53. The van der Waals surface area contributed by atoms with Crippen LogP contribution in [0.5, 0.6) is 23.0 Å². The van der Waals surface area contributed by atoms with Gasteiger partial charge in [-0.05, 0) is 81.1 Å². The number of carbonyl (C=O) groups is 2. The van der Waals surface area contributed by atoms with Crippen molar-refractivity contribution >= 4 is 23.7 Å². The summed E-state index contributed by atoms with van der Waals surface area (Å²) >= 11 is 0. The van der Waals surface area contributed by atoms with Crippen LogP contribution in [0.2, 0.25) is 0 Å². The van der Waals surface area contributed by atoms with E-state index in [0.717, 1.165) is 49.3 Å². The molecule has 1 aliphatic carbocycles. The lowest BCUT2D eigenvalue weighted by Gasteiger charge is -2.57. The number of nitrogens with one attached hydrogen (secondary N) is 1. The monoisotopic (exact) mass is 590 g/mol. The van der Waals surface area contributed by atoms with Crippen LogP contribution in [0.1, 0.15) is 43.7 Å². The number of rotatable bonds is 8. The van der Waals surface area contributed by atoms with Crippen LogP contribution in [0.25, 0.3) is 6.08 Å². The average Bonchev–Trinajstić information content (AvgIpc) is 3.57. The number of carbonyl (C=O) groups excluding carboxylic acids is 2. The topological polar surface area (TPSA) is 116 Å². The molecule has 4 aliphatic rings. The Bertz CT molecular complexity index is 1510. The summed E-state index contributed by atoms with van der Waals surface area (Å²) in [6.45, 7) is 3.74. The summed E-state index contributed by atoms with van der Waals surface area (Å²) in [6, 6.07) is 8.89. The summed E-state index contributed by atoms with van der Waals surface area (Å²) in [5.41, 5.74) is 2.95. The molecule has 10 heteroatoms. The largest absolute Gasteiger partial charge is 0.508 e. The number of phenols is 1. The highest BCUT2D eigenvalue weighted by atomic mass is 16.5. The molecule has 0 amide bonds. The molecule has 0 saturated carbocycles. The predicted molar refractivity (Wildman–Crippen MR) is 159 cm³/mol. The maximum atomic E-state index is 13.3. The number of hydrogen-bond donors (Lipinski definition) is 2. The molecule has 2 aromatic rings. The van der Waals surface area contributed by atoms with Gasteiger partial charge >= 0.3 is 11.9 Å². The van der Waals surface area contributed by atoms with Crippen LogP contribution in [0.4, 0.5) is 5.69 Å². The van der Waals surface area contributed by atoms with Crippen molar-refractivity contribution in [3.05, 3.63) is 58.8 Å². The normalized spacial score (nSPS) is 26.2. The molecule has 4 atom stereocenters. The third-order valence-corrected chi connectivity index (χ3v) is 9.89. The second-order valence-corrected chi connectivity index (χ2v) is 11.7. The van der Waals surface area contributed by atoms with Crippen molar-refractivity contribution in [3.63, 3.8) is 0 Å². The van der Waals surface area contributed by atoms with Crippen molar-refractivity contribution in [2.45, 2.75) is 50.2 Å². The molecule has 228 valence electrons. The number of fused-ring (bicyclic) bond motifs is 1. The number of anilines is 1. The molecule has 0 aromatic heterocycles. The summed E-state index contributed by atoms with van der Waals surface area (Å²) in [4.78, 5) is 29.2. The van der Waals surface area contributed by atoms with E-state index < -0.39 is 22.9 Å². The third-order valence-electron chi connectivity index (χ3n) is 9.89. The van der Waals surface area contributed by atoms with E-state index >= 15 is 0 Å². The average molecular weight is 591 g/mol. The Morgan fingerprint density at radius 3 is 2.47 bits per heavy atom. The maximum Gasteiger partial charge on any atom is 0.335 e. The molecule has 43 heavy (non-hydrogen) atoms. The highest BCUT2D eigenvalue weighted by molar-refractivity contribution is 5.93. The van der Waals surface area contributed by atoms with Crippen molar-refractivity contribution < 1.29 is 38.4 Å². The van der Waals surface area contributed by atoms with Crippen LogP contribution in [0.15, 0.2) is 47.7 Å². The molecular formula is C33H38N2O8. The standard InChI is InChI=1S/C33H38N2O8/c1-19(43-27(37)10-7-20-15-25(39-2)28(41-4)26(16-20)40-3)32-11-6-13-35-14-12-33(31(32)35)23-9-8-21(36)17-24(23)34-29(33)22(18-32)30(38)42-5/h7-10,15-17,19,31,34,36H,6,11-14,18H2,1-5H3/b10-7+/t19-,31-,32-,33-/m0/s1. The SMILES string of the molecule is COC(=O)C1=C2Nc3cc(O)ccc3[C@@]23CCN2CCC[C@@]([C@H](C)OC(=O)/C=C/c4cc(OC)c(OC)c(OC)c4)(C1)[C@H]23. The van der Waals surface area contributed by atoms with Crippen LogP contribution in [-0.4, -0.2) is 75.6 Å². The quantitative estimate of drug-likeness (QED) is 0.338. The summed E-state index contributed by atoms with van der Waals surface area (Å²) in [7, 11) is 6.01. The minimum absolute atomic E-state index is 0.00246. The van der Waals surface area contributed by atoms with Gasteiger partial charge in [0.1, 0.15) is 11.9 Å². The van der Waals surface area contributed by atoms with Gasteiger partial charge in [0.2, 0.25) is 5.75 Å². The van der Waals surface area contributed by atoms with E-state index in [4.69, 9.17) is 23.7 Å². The molecule has 2 N–H and O–H groups in total. The fourth-order valence-electron chi connectivity index (χ4n) is 8.20. The van der Waals surface area contributed by atoms with Gasteiger partial charge in [0.25, 0.3) is 0 Å². The molecule has 2 saturated heterocycles. The van der Waals surface area contributed by atoms with Gasteiger partial charge in [0, 0.05) is 35.0 Å². The van der Waals surface area contributed by atoms with E-state index in [2.05, 4.69) is 10.2 Å². The van der Waals surface area contributed by atoms with Crippen LogP contribution in [-0.2, 0) is 24.5 Å². The Balaban J connectivity index is 1.36. The minimum atomic E-state index is -0.529. The number of phenolic OH excluding ortho intramolecular Hbond substituents is 1. The Kier molecular flexibility index (Phi) is 7.28. The predicted octanol–water partition coefficient (Wildman–Crippen LogP) is 4.41. The Morgan fingerprint density at radius 1 is 1.05 bits per heavy atom. The van der Waals surface area contributed by atoms with E-state index in [9.17, 15) is 14.7 Å². The van der Waals surface area contributed by atoms with Crippen molar-refractivity contribution in [1.29, 1.82) is 0 Å². The third kappa shape index (κ3) is 4.33. The highest BCUT2D eigenvalue weighted by Crippen LogP contribution is 2.65. The van der Waals surface area contributed by atoms with Crippen LogP contribution in [0.3, 0.4) is 0 Å². The van der Waals surface area contributed by atoms with Crippen molar-refractivity contribution in [2.75, 3.05) is 46.8 Å². The number of esters is 2. The number of hydrogen-bond acceptors (Lipinski definition) is 10. The van der Waals surface area contributed by atoms with Crippen LogP contribution >= 0.6 is 0 Å². The van der Waals surface area contributed by atoms with Crippen molar-refractivity contribution in [1.82, 2.24) is 4.90 Å². The fourth-order valence-corrected chi connectivity index (χ4v) is 8.20. The second-order valence-electron chi connectivity index (χ2n) is 11.7. The molecule has 10 nitrogen and oxygen atoms in total. The number of ether oxygens (including phenoxy) is 5. The van der Waals surface area contributed by atoms with Gasteiger partial charge in [0.05, 0.1) is 39.4 Å². The molecule has 6 rings (SSSR count). The van der Waals surface area contributed by atoms with Gasteiger partial charge < -0.3 is 34.1 Å². The molecule has 2 fully saturated rings. The smallest absolute Gasteiger partial charge is 0.335 e. The van der Waals surface area contributed by atoms with Gasteiger partial charge in [0.15, 0.2) is 11.5 Å². The zero-order chi connectivity index (χ0) is 30.5. The van der Waals surface area contributed by atoms with Gasteiger partial charge in [-0.15, -0.1) is 0 Å². The first kappa shape index (κ1) is 28.9. The van der Waals surface area contributed by atoms with Gasteiger partial charge in [-0.1, -0.05) is 6.07 Å². The van der Waals surface area contributed by atoms with E-state index in [1.807, 2.05) is 13.0 Å². The number of aromatic hydroxyl groups is 1. The van der Waals surface area contributed by atoms with Gasteiger partial charge in [-0.2, -0.15) is 0 Å². The highest BCUT2D eigenvalue weighted by Gasteiger charge is 2.68. The fraction of sp³-hybridized carbons (Fsp3) is 0.455. The molecule has 0 bridgehead atoms. The minimum Gasteiger partial charge on any atom is -0.508 e. The molecule has 0 unspecified atom stereocenters. The van der Waals surface area contributed by atoms with Crippen molar-refractivity contribution in [2.24, 2.45) is 5.41 Å². The van der Waals surface area contributed by atoms with E-state index in [-0.39, 0.29) is 17.8 Å². The molecule has 3 aliphatic heterocycles. The zero-order valence-electron chi connectivity index (χ0n) is 25.2. The Labute approximate surface area is 251 Å². The first-order chi connectivity index (χ1) is 20.7.